The van der Waals surface area contributed by atoms with Gasteiger partial charge in [-0.1, -0.05) is 165 Å². The Morgan fingerprint density at radius 1 is 0.640 bits per heavy atom. The van der Waals surface area contributed by atoms with Crippen LogP contribution in [0, 0.1) is 0 Å². The molecule has 0 bridgehead atoms. The molecule has 50 heavy (non-hydrogen) atoms. The van der Waals surface area contributed by atoms with Gasteiger partial charge in [0.2, 0.25) is 0 Å². The maximum absolute atomic E-state index is 6.62. The van der Waals surface area contributed by atoms with Gasteiger partial charge >= 0.3 is 0 Å². The normalized spacial score (nSPS) is 12.5. The van der Waals surface area contributed by atoms with E-state index in [1.807, 2.05) is 31.2 Å². The van der Waals surface area contributed by atoms with Gasteiger partial charge in [0.1, 0.15) is 11.0 Å². The number of furan rings is 2. The van der Waals surface area contributed by atoms with Crippen molar-refractivity contribution in [2.45, 2.75) is 13.3 Å². The monoisotopic (exact) mass is 644 g/mol. The van der Waals surface area contributed by atoms with Crippen LogP contribution in [0.3, 0.4) is 0 Å². The van der Waals surface area contributed by atoms with Gasteiger partial charge in [0.25, 0.3) is 0 Å². The highest BCUT2D eigenvalue weighted by atomic mass is 16.4. The van der Waals surface area contributed by atoms with E-state index in [1.165, 1.54) is 10.9 Å². The van der Waals surface area contributed by atoms with Gasteiger partial charge in [0, 0.05) is 21.4 Å². The highest BCUT2D eigenvalue weighted by molar-refractivity contribution is 6.29. The molecule has 0 saturated carbocycles. The molecule has 0 unspecified atom stereocenters. The van der Waals surface area contributed by atoms with Crippen molar-refractivity contribution < 1.29 is 8.83 Å². The summed E-state index contributed by atoms with van der Waals surface area (Å²) in [6.45, 7) is 10.3. The fourth-order valence-corrected chi connectivity index (χ4v) is 7.15. The minimum Gasteiger partial charge on any atom is -0.452 e. The summed E-state index contributed by atoms with van der Waals surface area (Å²) in [5.74, 6) is 0. The topological polar surface area (TPSA) is 26.3 Å². The van der Waals surface area contributed by atoms with E-state index in [9.17, 15) is 0 Å². The Bertz CT molecular complexity index is 2840. The minimum absolute atomic E-state index is 0.734. The van der Waals surface area contributed by atoms with E-state index in [4.69, 9.17) is 8.83 Å². The van der Waals surface area contributed by atoms with Crippen molar-refractivity contribution in [1.82, 2.24) is 0 Å². The van der Waals surface area contributed by atoms with Crippen LogP contribution in [0.5, 0.6) is 0 Å². The molecule has 0 spiro atoms. The summed E-state index contributed by atoms with van der Waals surface area (Å²) in [7, 11) is 0. The molecular weight excluding hydrogens is 609 g/mol. The molecule has 2 aromatic heterocycles. The van der Waals surface area contributed by atoms with Gasteiger partial charge in [-0.15, -0.1) is 0 Å². The number of benzene rings is 5. The molecule has 0 saturated heterocycles. The maximum atomic E-state index is 6.62. The zero-order chi connectivity index (χ0) is 34.0. The molecule has 0 aliphatic rings. The van der Waals surface area contributed by atoms with Crippen LogP contribution in [-0.2, 0) is 6.42 Å². The van der Waals surface area contributed by atoms with Gasteiger partial charge in [0.05, 0.1) is 0 Å². The maximum Gasteiger partial charge on any atom is 0.179 e. The molecule has 0 N–H and O–H groups in total. The first-order chi connectivity index (χ1) is 24.7. The van der Waals surface area contributed by atoms with E-state index in [2.05, 4.69) is 147 Å². The van der Waals surface area contributed by atoms with Crippen molar-refractivity contribution in [1.29, 1.82) is 0 Å². The third kappa shape index (κ3) is 5.41. The first-order valence-electron chi connectivity index (χ1n) is 17.0. The molecule has 2 nitrogen and oxygen atoms in total. The number of para-hydroxylation sites is 1. The van der Waals surface area contributed by atoms with Crippen LogP contribution in [0.1, 0.15) is 18.1 Å². The highest BCUT2D eigenvalue weighted by Gasteiger charge is 2.19. The minimum atomic E-state index is 0.734. The smallest absolute Gasteiger partial charge is 0.179 e. The molecule has 6 aromatic carbocycles. The number of hydrogen-bond donors (Lipinski definition) is 0. The van der Waals surface area contributed by atoms with Crippen LogP contribution in [0.4, 0.5) is 0 Å². The SMILES string of the molecule is C=C/C=C\C(=C)c1ccccccc(-c2cccc(C/C=c3\c(=C/C)oc4c5oc6ccccc6c5c5ccccc5c34)c2)c2ccccc12. The Balaban J connectivity index is 1.31. The average Bonchev–Trinajstić information content (AvgIpc) is 3.74. The molecule has 0 aliphatic carbocycles. The van der Waals surface area contributed by atoms with Crippen molar-refractivity contribution in [2.24, 2.45) is 0 Å². The Labute approximate surface area is 291 Å². The molecule has 2 heteroatoms. The van der Waals surface area contributed by atoms with Gasteiger partial charge in [-0.3, -0.25) is 0 Å². The second kappa shape index (κ2) is 13.3. The molecule has 0 amide bonds. The molecule has 8 rings (SSSR count). The fourth-order valence-electron chi connectivity index (χ4n) is 7.15. The Kier molecular flexibility index (Phi) is 8.20. The summed E-state index contributed by atoms with van der Waals surface area (Å²) in [5.41, 5.74) is 8.81. The molecule has 8 aromatic rings. The number of hydrogen-bond acceptors (Lipinski definition) is 2. The first kappa shape index (κ1) is 30.9. The summed E-state index contributed by atoms with van der Waals surface area (Å²) < 4.78 is 13.1. The van der Waals surface area contributed by atoms with E-state index in [1.54, 1.807) is 6.08 Å². The first-order valence-corrected chi connectivity index (χ1v) is 17.0. The largest absolute Gasteiger partial charge is 0.452 e. The predicted molar refractivity (Wildman–Crippen MR) is 214 cm³/mol. The Morgan fingerprint density at radius 2 is 1.30 bits per heavy atom. The fraction of sp³-hybridized carbons (Fsp3) is 0.0417. The second-order valence-electron chi connectivity index (χ2n) is 12.4. The van der Waals surface area contributed by atoms with Crippen LogP contribution in [0.25, 0.3) is 83.3 Å². The standard InChI is InChI=1S/C48H36O2/c1-4-6-18-32(3)35-21-9-7-8-10-22-36(38-24-12-11-23-37(35)38)34-20-17-19-33(31-34)29-30-42-43(5-2)49-47-46(42)40-26-14-13-25-39(40)45-41-27-15-16-28-44(41)50-48(45)47/h4-28,30-31H,1,3,29H2,2H3/b8-7?,9-7?,10-8?,18-6-,21-9?,22-10?,35-21?,36-22?,37-35?,38-36?,42-30+,43-5+. The average molecular weight is 645 g/mol. The summed E-state index contributed by atoms with van der Waals surface area (Å²) in [4.78, 5) is 0. The van der Waals surface area contributed by atoms with Crippen LogP contribution in [0.2, 0.25) is 0 Å². The zero-order valence-corrected chi connectivity index (χ0v) is 28.0. The van der Waals surface area contributed by atoms with Crippen molar-refractivity contribution in [3.63, 3.8) is 0 Å². The molecule has 0 atom stereocenters. The lowest BCUT2D eigenvalue weighted by Gasteiger charge is -2.10. The van der Waals surface area contributed by atoms with Crippen LogP contribution in [-0.4, -0.2) is 0 Å². The van der Waals surface area contributed by atoms with E-state index in [-0.39, 0.29) is 0 Å². The van der Waals surface area contributed by atoms with Crippen molar-refractivity contribution in [3.05, 3.63) is 187 Å². The van der Waals surface area contributed by atoms with Gasteiger partial charge in [-0.25, -0.2) is 0 Å². The van der Waals surface area contributed by atoms with E-state index < -0.39 is 0 Å². The van der Waals surface area contributed by atoms with E-state index in [0.29, 0.717) is 0 Å². The van der Waals surface area contributed by atoms with Crippen molar-refractivity contribution in [2.75, 3.05) is 0 Å². The van der Waals surface area contributed by atoms with Crippen LogP contribution < -0.4 is 10.6 Å². The van der Waals surface area contributed by atoms with Crippen LogP contribution in [0.15, 0.2) is 174 Å². The lowest BCUT2D eigenvalue weighted by atomic mass is 9.94. The molecule has 2 heterocycles. The lowest BCUT2D eigenvalue weighted by Crippen LogP contribution is -2.20. The van der Waals surface area contributed by atoms with Crippen LogP contribution >= 0.6 is 0 Å². The molecule has 0 aliphatic heterocycles. The zero-order valence-electron chi connectivity index (χ0n) is 28.0. The summed E-state index contributed by atoms with van der Waals surface area (Å²) >= 11 is 0. The molecule has 0 fully saturated rings. The Morgan fingerprint density at radius 3 is 2.08 bits per heavy atom. The summed E-state index contributed by atoms with van der Waals surface area (Å²) in [6.07, 6.45) is 10.8. The van der Waals surface area contributed by atoms with Crippen molar-refractivity contribution in [3.8, 4) is 11.1 Å². The molecule has 240 valence electrons. The summed E-state index contributed by atoms with van der Waals surface area (Å²) in [6, 6.07) is 46.9. The van der Waals surface area contributed by atoms with Gasteiger partial charge in [-0.2, -0.15) is 0 Å². The van der Waals surface area contributed by atoms with E-state index >= 15 is 0 Å². The van der Waals surface area contributed by atoms with Gasteiger partial charge in [-0.05, 0) is 74.9 Å². The Hall–Kier alpha value is -6.38. The van der Waals surface area contributed by atoms with Gasteiger partial charge < -0.3 is 8.83 Å². The molecular formula is C48H36O2. The second-order valence-corrected chi connectivity index (χ2v) is 12.4. The third-order valence-electron chi connectivity index (χ3n) is 9.43. The van der Waals surface area contributed by atoms with Crippen molar-refractivity contribution >= 4 is 72.2 Å². The third-order valence-corrected chi connectivity index (χ3v) is 9.43. The predicted octanol–water partition coefficient (Wildman–Crippen LogP) is 12.0. The van der Waals surface area contributed by atoms with Gasteiger partial charge in [0.15, 0.2) is 11.2 Å². The summed E-state index contributed by atoms with van der Waals surface area (Å²) in [5, 5.41) is 8.99. The quantitative estimate of drug-likeness (QED) is 0.168. The lowest BCUT2D eigenvalue weighted by molar-refractivity contribution is 0.566. The van der Waals surface area contributed by atoms with E-state index in [0.717, 1.165) is 88.4 Å². The number of allylic oxidation sites excluding steroid dienone is 4. The highest BCUT2D eigenvalue weighted by Crippen LogP contribution is 2.39. The number of rotatable bonds is 6. The molecule has 0 radical (unpaired) electrons. The number of fused-ring (bicyclic) bond motifs is 9.